The highest BCUT2D eigenvalue weighted by Crippen LogP contribution is 2.04. The molecule has 17 heavy (non-hydrogen) atoms. The summed E-state index contributed by atoms with van der Waals surface area (Å²) in [6.07, 6.45) is 0.925. The summed E-state index contributed by atoms with van der Waals surface area (Å²) in [4.78, 5) is 36.1. The third-order valence-corrected chi connectivity index (χ3v) is 2.61. The molecule has 1 atom stereocenters. The Labute approximate surface area is 101 Å². The van der Waals surface area contributed by atoms with E-state index in [1.54, 1.807) is 14.1 Å². The predicted molar refractivity (Wildman–Crippen MR) is 62.4 cm³/mol. The van der Waals surface area contributed by atoms with E-state index in [-0.39, 0.29) is 18.2 Å². The molecule has 0 heterocycles. The first-order chi connectivity index (χ1) is 7.77. The van der Waals surface area contributed by atoms with E-state index >= 15 is 0 Å². The highest BCUT2D eigenvalue weighted by atomic mass is 16.4. The number of carboxylic acids is 1. The molecule has 0 aromatic heterocycles. The Bertz CT molecular complexity index is 302. The second-order valence-electron chi connectivity index (χ2n) is 4.16. The molecule has 6 heteroatoms. The minimum Gasteiger partial charge on any atom is -0.480 e. The zero-order chi connectivity index (χ0) is 13.6. The average molecular weight is 244 g/mol. The van der Waals surface area contributed by atoms with Crippen LogP contribution < -0.4 is 0 Å². The molecule has 0 aromatic carbocycles. The number of likely N-dealkylation sites (N-methyl/N-ethyl adjacent to an activating group) is 1. The summed E-state index contributed by atoms with van der Waals surface area (Å²) in [7, 11) is 4.76. The molecule has 0 aliphatic carbocycles. The van der Waals surface area contributed by atoms with Gasteiger partial charge in [-0.15, -0.1) is 0 Å². The lowest BCUT2D eigenvalue weighted by Gasteiger charge is -2.21. The van der Waals surface area contributed by atoms with Crippen molar-refractivity contribution in [3.8, 4) is 0 Å². The van der Waals surface area contributed by atoms with Crippen molar-refractivity contribution in [3.63, 3.8) is 0 Å². The van der Waals surface area contributed by atoms with Gasteiger partial charge in [-0.2, -0.15) is 0 Å². The van der Waals surface area contributed by atoms with Crippen LogP contribution in [0.3, 0.4) is 0 Å². The summed E-state index contributed by atoms with van der Waals surface area (Å²) in [6, 6.07) is -0.841. The lowest BCUT2D eigenvalue weighted by molar-refractivity contribution is -0.148. The van der Waals surface area contributed by atoms with E-state index in [1.165, 1.54) is 23.8 Å². The summed E-state index contributed by atoms with van der Waals surface area (Å²) in [5.41, 5.74) is 0. The molecule has 1 N–H and O–H groups in total. The van der Waals surface area contributed by atoms with Crippen LogP contribution in [0, 0.1) is 0 Å². The monoisotopic (exact) mass is 244 g/mol. The van der Waals surface area contributed by atoms with Crippen LogP contribution in [-0.4, -0.2) is 59.9 Å². The summed E-state index contributed by atoms with van der Waals surface area (Å²) in [5.74, 6) is -1.33. The van der Waals surface area contributed by atoms with E-state index in [9.17, 15) is 14.4 Å². The van der Waals surface area contributed by atoms with Gasteiger partial charge in [0.1, 0.15) is 6.04 Å². The van der Waals surface area contributed by atoms with Crippen LogP contribution in [0.4, 0.5) is 0 Å². The standard InChI is InChI=1S/C11H20N2O4/c1-8(11(16)17)13(4)10(15)7-5-6-9(14)12(2)3/h8H,5-7H2,1-4H3,(H,16,17). The number of carbonyl (C=O) groups is 3. The third-order valence-electron chi connectivity index (χ3n) is 2.61. The first-order valence-electron chi connectivity index (χ1n) is 5.46. The van der Waals surface area contributed by atoms with Crippen molar-refractivity contribution in [2.45, 2.75) is 32.2 Å². The van der Waals surface area contributed by atoms with Crippen LogP contribution >= 0.6 is 0 Å². The van der Waals surface area contributed by atoms with Crippen molar-refractivity contribution in [1.82, 2.24) is 9.80 Å². The van der Waals surface area contributed by atoms with Gasteiger partial charge >= 0.3 is 5.97 Å². The highest BCUT2D eigenvalue weighted by Gasteiger charge is 2.21. The number of carbonyl (C=O) groups excluding carboxylic acids is 2. The molecule has 2 amide bonds. The molecule has 0 radical (unpaired) electrons. The lowest BCUT2D eigenvalue weighted by atomic mass is 10.2. The second kappa shape index (κ2) is 6.88. The zero-order valence-electron chi connectivity index (χ0n) is 10.8. The van der Waals surface area contributed by atoms with Gasteiger partial charge in [-0.3, -0.25) is 9.59 Å². The van der Waals surface area contributed by atoms with Gasteiger partial charge in [-0.25, -0.2) is 4.79 Å². The van der Waals surface area contributed by atoms with Crippen LogP contribution in [0.15, 0.2) is 0 Å². The maximum atomic E-state index is 11.6. The van der Waals surface area contributed by atoms with Crippen LogP contribution in [0.1, 0.15) is 26.2 Å². The molecule has 0 saturated heterocycles. The predicted octanol–water partition coefficient (Wildman–Crippen LogP) is 0.176. The minimum absolute atomic E-state index is 0.0354. The van der Waals surface area contributed by atoms with Crippen molar-refractivity contribution in [1.29, 1.82) is 0 Å². The first kappa shape index (κ1) is 15.4. The zero-order valence-corrected chi connectivity index (χ0v) is 10.8. The summed E-state index contributed by atoms with van der Waals surface area (Å²) in [5, 5.41) is 8.73. The molecule has 6 nitrogen and oxygen atoms in total. The maximum Gasteiger partial charge on any atom is 0.326 e. The molecular formula is C11H20N2O4. The molecule has 0 bridgehead atoms. The van der Waals surface area contributed by atoms with Crippen LogP contribution in [-0.2, 0) is 14.4 Å². The van der Waals surface area contributed by atoms with Crippen molar-refractivity contribution in [2.75, 3.05) is 21.1 Å². The van der Waals surface area contributed by atoms with E-state index in [4.69, 9.17) is 5.11 Å². The Balaban J connectivity index is 4.03. The summed E-state index contributed by atoms with van der Waals surface area (Å²) in [6.45, 7) is 1.45. The molecule has 0 spiro atoms. The largest absolute Gasteiger partial charge is 0.480 e. The van der Waals surface area contributed by atoms with Crippen molar-refractivity contribution in [3.05, 3.63) is 0 Å². The van der Waals surface area contributed by atoms with Crippen molar-refractivity contribution < 1.29 is 19.5 Å². The van der Waals surface area contributed by atoms with Crippen LogP contribution in [0.2, 0.25) is 0 Å². The molecule has 0 aromatic rings. The third kappa shape index (κ3) is 5.33. The number of nitrogens with zero attached hydrogens (tertiary/aromatic N) is 2. The Kier molecular flexibility index (Phi) is 6.23. The van der Waals surface area contributed by atoms with Gasteiger partial charge in [0, 0.05) is 34.0 Å². The smallest absolute Gasteiger partial charge is 0.326 e. The van der Waals surface area contributed by atoms with Gasteiger partial charge in [0.05, 0.1) is 0 Å². The fraction of sp³-hybridized carbons (Fsp3) is 0.727. The van der Waals surface area contributed by atoms with Gasteiger partial charge in [-0.1, -0.05) is 0 Å². The van der Waals surface area contributed by atoms with E-state index in [2.05, 4.69) is 0 Å². The summed E-state index contributed by atoms with van der Waals surface area (Å²) >= 11 is 0. The maximum absolute atomic E-state index is 11.6. The van der Waals surface area contributed by atoms with Gasteiger partial charge in [0.15, 0.2) is 0 Å². The Morgan fingerprint density at radius 1 is 1.06 bits per heavy atom. The molecule has 1 unspecified atom stereocenters. The van der Waals surface area contributed by atoms with Gasteiger partial charge < -0.3 is 14.9 Å². The van der Waals surface area contributed by atoms with Crippen molar-refractivity contribution in [2.24, 2.45) is 0 Å². The highest BCUT2D eigenvalue weighted by molar-refractivity contribution is 5.83. The van der Waals surface area contributed by atoms with Gasteiger partial charge in [0.25, 0.3) is 0 Å². The molecular weight excluding hydrogens is 224 g/mol. The lowest BCUT2D eigenvalue weighted by Crippen LogP contribution is -2.40. The Hall–Kier alpha value is -1.59. The molecule has 0 aliphatic heterocycles. The van der Waals surface area contributed by atoms with E-state index in [0.717, 1.165) is 0 Å². The normalized spacial score (nSPS) is 11.8. The van der Waals surface area contributed by atoms with Gasteiger partial charge in [0.2, 0.25) is 11.8 Å². The van der Waals surface area contributed by atoms with E-state index in [0.29, 0.717) is 12.8 Å². The number of amides is 2. The SMILES string of the molecule is CC(C(=O)O)N(C)C(=O)CCCC(=O)N(C)C. The molecule has 0 saturated carbocycles. The van der Waals surface area contributed by atoms with Gasteiger partial charge in [-0.05, 0) is 13.3 Å². The fourth-order valence-corrected chi connectivity index (χ4v) is 1.17. The topological polar surface area (TPSA) is 77.9 Å². The molecule has 98 valence electrons. The fourth-order valence-electron chi connectivity index (χ4n) is 1.17. The Morgan fingerprint density at radius 3 is 1.94 bits per heavy atom. The number of rotatable bonds is 6. The minimum atomic E-state index is -1.04. The number of hydrogen-bond donors (Lipinski definition) is 1. The van der Waals surface area contributed by atoms with Crippen LogP contribution in [0.25, 0.3) is 0 Å². The summed E-state index contributed by atoms with van der Waals surface area (Å²) < 4.78 is 0. The second-order valence-corrected chi connectivity index (χ2v) is 4.16. The quantitative estimate of drug-likeness (QED) is 0.722. The molecule has 0 fully saturated rings. The van der Waals surface area contributed by atoms with E-state index in [1.807, 2.05) is 0 Å². The Morgan fingerprint density at radius 2 is 1.53 bits per heavy atom. The van der Waals surface area contributed by atoms with Crippen molar-refractivity contribution >= 4 is 17.8 Å². The number of carboxylic acid groups (broad SMARTS) is 1. The number of hydrogen-bond acceptors (Lipinski definition) is 3. The molecule has 0 aliphatic rings. The van der Waals surface area contributed by atoms with Crippen LogP contribution in [0.5, 0.6) is 0 Å². The first-order valence-corrected chi connectivity index (χ1v) is 5.46. The average Bonchev–Trinajstić information content (AvgIpc) is 2.26. The molecule has 0 rings (SSSR count). The number of aliphatic carboxylic acids is 1. The van der Waals surface area contributed by atoms with E-state index < -0.39 is 12.0 Å².